The fourth-order valence-electron chi connectivity index (χ4n) is 2.94. The maximum Gasteiger partial charge on any atom is 0.338 e. The number of esters is 1. The number of fused-ring (bicyclic) bond motifs is 1. The first-order valence-corrected chi connectivity index (χ1v) is 8.61. The molecule has 7 nitrogen and oxygen atoms in total. The van der Waals surface area contributed by atoms with Crippen LogP contribution in [0.3, 0.4) is 0 Å². The number of nitrogens with one attached hydrogen (secondary N) is 1. The van der Waals surface area contributed by atoms with Gasteiger partial charge in [0.2, 0.25) is 0 Å². The molecular formula is C21H18N4O3. The van der Waals surface area contributed by atoms with Crippen molar-refractivity contribution in [1.29, 1.82) is 10.7 Å². The van der Waals surface area contributed by atoms with E-state index in [0.717, 1.165) is 17.0 Å². The van der Waals surface area contributed by atoms with Gasteiger partial charge in [0.25, 0.3) is 0 Å². The predicted molar refractivity (Wildman–Crippen MR) is 104 cm³/mol. The number of nitrogens with zero attached hydrogens (tertiary/aromatic N) is 3. The Morgan fingerprint density at radius 2 is 1.96 bits per heavy atom. The number of hydrogen-bond donors (Lipinski definition) is 1. The van der Waals surface area contributed by atoms with Crippen LogP contribution in [-0.2, 0) is 9.53 Å². The summed E-state index contributed by atoms with van der Waals surface area (Å²) >= 11 is 0. The molecule has 0 unspecified atom stereocenters. The number of ketones is 1. The molecule has 140 valence electrons. The van der Waals surface area contributed by atoms with Gasteiger partial charge in [0.15, 0.2) is 12.4 Å². The predicted octanol–water partition coefficient (Wildman–Crippen LogP) is 3.24. The number of imidazole rings is 1. The first-order valence-electron chi connectivity index (χ1n) is 8.61. The van der Waals surface area contributed by atoms with Gasteiger partial charge in [0.05, 0.1) is 22.7 Å². The van der Waals surface area contributed by atoms with Crippen molar-refractivity contribution < 1.29 is 14.3 Å². The van der Waals surface area contributed by atoms with E-state index in [-0.39, 0.29) is 11.3 Å². The zero-order chi connectivity index (χ0) is 20.3. The summed E-state index contributed by atoms with van der Waals surface area (Å²) in [7, 11) is 0. The van der Waals surface area contributed by atoms with Gasteiger partial charge in [-0.2, -0.15) is 5.26 Å². The summed E-state index contributed by atoms with van der Waals surface area (Å²) < 4.78 is 7.01. The number of nitriles is 1. The minimum Gasteiger partial charge on any atom is -0.454 e. The van der Waals surface area contributed by atoms with Gasteiger partial charge in [-0.3, -0.25) is 9.36 Å². The van der Waals surface area contributed by atoms with Crippen molar-refractivity contribution in [3.05, 3.63) is 59.9 Å². The summed E-state index contributed by atoms with van der Waals surface area (Å²) in [4.78, 5) is 28.7. The topological polar surface area (TPSA) is 109 Å². The highest BCUT2D eigenvalue weighted by molar-refractivity contribution is 6.06. The second kappa shape index (κ2) is 7.84. The third-order valence-corrected chi connectivity index (χ3v) is 4.30. The van der Waals surface area contributed by atoms with Crippen LogP contribution < -0.4 is 0 Å². The maximum absolute atomic E-state index is 12.3. The number of ether oxygens (including phenoxy) is 1. The first kappa shape index (κ1) is 19.0. The van der Waals surface area contributed by atoms with Crippen LogP contribution in [0.1, 0.15) is 23.1 Å². The molecule has 0 saturated heterocycles. The number of Topliss-reactive ketones (excluding diaryl/α,β-unsaturated/α-hetero) is 1. The Balaban J connectivity index is 1.82. The number of benzene rings is 2. The summed E-state index contributed by atoms with van der Waals surface area (Å²) in [5, 5.41) is 16.3. The van der Waals surface area contributed by atoms with Gasteiger partial charge < -0.3 is 10.1 Å². The highest BCUT2D eigenvalue weighted by atomic mass is 16.5. The molecule has 0 aliphatic carbocycles. The van der Waals surface area contributed by atoms with Gasteiger partial charge in [-0.15, -0.1) is 0 Å². The Labute approximate surface area is 161 Å². The van der Waals surface area contributed by atoms with Crippen molar-refractivity contribution in [3.63, 3.8) is 0 Å². The summed E-state index contributed by atoms with van der Waals surface area (Å²) in [6.07, 6.45) is 0. The second-order valence-corrected chi connectivity index (χ2v) is 6.32. The average molecular weight is 374 g/mol. The van der Waals surface area contributed by atoms with Gasteiger partial charge in [0.1, 0.15) is 11.7 Å². The Kier molecular flexibility index (Phi) is 5.32. The van der Waals surface area contributed by atoms with Crippen LogP contribution in [0.25, 0.3) is 16.7 Å². The molecule has 2 aromatic carbocycles. The zero-order valence-corrected chi connectivity index (χ0v) is 15.5. The molecule has 0 amide bonds. The summed E-state index contributed by atoms with van der Waals surface area (Å²) in [6, 6.07) is 16.5. The Hall–Kier alpha value is -3.79. The molecule has 1 aromatic heterocycles. The molecule has 0 spiro atoms. The van der Waals surface area contributed by atoms with E-state index in [1.54, 1.807) is 24.3 Å². The number of carbonyl (C=O) groups excluding carboxylic acids is 2. The van der Waals surface area contributed by atoms with E-state index in [1.165, 1.54) is 6.92 Å². The summed E-state index contributed by atoms with van der Waals surface area (Å²) in [6.45, 7) is 2.70. The average Bonchev–Trinajstić information content (AvgIpc) is 3.01. The number of rotatable bonds is 6. The number of carbonyl (C=O) groups is 2. The van der Waals surface area contributed by atoms with E-state index >= 15 is 0 Å². The lowest BCUT2D eigenvalue weighted by Gasteiger charge is -2.08. The Morgan fingerprint density at radius 1 is 1.25 bits per heavy atom. The maximum atomic E-state index is 12.3. The van der Waals surface area contributed by atoms with Crippen LogP contribution in [0.2, 0.25) is 0 Å². The van der Waals surface area contributed by atoms with Crippen LogP contribution in [0.15, 0.2) is 48.5 Å². The van der Waals surface area contributed by atoms with Crippen LogP contribution >= 0.6 is 0 Å². The van der Waals surface area contributed by atoms with E-state index in [1.807, 2.05) is 41.8 Å². The van der Waals surface area contributed by atoms with E-state index < -0.39 is 24.3 Å². The lowest BCUT2D eigenvalue weighted by Crippen LogP contribution is -2.25. The van der Waals surface area contributed by atoms with Crippen molar-refractivity contribution in [3.8, 4) is 11.8 Å². The number of para-hydroxylation sites is 1. The molecule has 0 bridgehead atoms. The van der Waals surface area contributed by atoms with Crippen molar-refractivity contribution >= 4 is 28.5 Å². The fraction of sp³-hybridized carbons (Fsp3) is 0.190. The Morgan fingerprint density at radius 3 is 2.61 bits per heavy atom. The molecule has 0 aliphatic rings. The van der Waals surface area contributed by atoms with E-state index in [4.69, 9.17) is 15.4 Å². The molecule has 0 radical (unpaired) electrons. The van der Waals surface area contributed by atoms with E-state index in [9.17, 15) is 9.59 Å². The highest BCUT2D eigenvalue weighted by Crippen LogP contribution is 2.22. The SMILES string of the molecule is CC(=N)[C@H](C#N)C(=O)COC(=O)c1ccc2c(c1)nc(C)n2-c1ccccc1. The van der Waals surface area contributed by atoms with Gasteiger partial charge in [0, 0.05) is 11.4 Å². The number of hydrogen-bond acceptors (Lipinski definition) is 6. The van der Waals surface area contributed by atoms with Crippen molar-refractivity contribution in [2.45, 2.75) is 13.8 Å². The normalized spacial score (nSPS) is 11.6. The third-order valence-electron chi connectivity index (χ3n) is 4.30. The zero-order valence-electron chi connectivity index (χ0n) is 15.5. The molecule has 1 atom stereocenters. The third kappa shape index (κ3) is 3.67. The monoisotopic (exact) mass is 374 g/mol. The van der Waals surface area contributed by atoms with Gasteiger partial charge in [-0.25, -0.2) is 9.78 Å². The fourth-order valence-corrected chi connectivity index (χ4v) is 2.94. The molecule has 0 saturated carbocycles. The van der Waals surface area contributed by atoms with Crippen LogP contribution in [-0.4, -0.2) is 33.6 Å². The lowest BCUT2D eigenvalue weighted by atomic mass is 10.0. The lowest BCUT2D eigenvalue weighted by molar-refractivity contribution is -0.122. The van der Waals surface area contributed by atoms with Gasteiger partial charge in [-0.1, -0.05) is 18.2 Å². The molecule has 0 fully saturated rings. The quantitative estimate of drug-likeness (QED) is 0.526. The standard InChI is InChI=1S/C21H18N4O3/c1-13(23)17(11-22)20(26)12-28-21(27)15-8-9-19-18(10-15)24-14(2)25(19)16-6-4-3-5-7-16/h3-10,17,23H,12H2,1-2H3/t17-/m0/s1. The Bertz CT molecular complexity index is 1110. The summed E-state index contributed by atoms with van der Waals surface area (Å²) in [5.74, 6) is -1.71. The minimum atomic E-state index is -1.19. The molecule has 28 heavy (non-hydrogen) atoms. The molecule has 7 heteroatoms. The molecule has 1 N–H and O–H groups in total. The number of aryl methyl sites for hydroxylation is 1. The highest BCUT2D eigenvalue weighted by Gasteiger charge is 2.22. The molecule has 1 heterocycles. The largest absolute Gasteiger partial charge is 0.454 e. The molecule has 3 rings (SSSR count). The molecule has 3 aromatic rings. The van der Waals surface area contributed by atoms with E-state index in [2.05, 4.69) is 4.98 Å². The smallest absolute Gasteiger partial charge is 0.338 e. The summed E-state index contributed by atoms with van der Waals surface area (Å²) in [5.41, 5.74) is 2.63. The van der Waals surface area contributed by atoms with Gasteiger partial charge in [-0.05, 0) is 44.2 Å². The van der Waals surface area contributed by atoms with Crippen LogP contribution in [0.5, 0.6) is 0 Å². The minimum absolute atomic E-state index is 0.0769. The van der Waals surface area contributed by atoms with Crippen molar-refractivity contribution in [2.24, 2.45) is 5.92 Å². The second-order valence-electron chi connectivity index (χ2n) is 6.32. The molecule has 0 aliphatic heterocycles. The van der Waals surface area contributed by atoms with Crippen molar-refractivity contribution in [1.82, 2.24) is 9.55 Å². The molecular weight excluding hydrogens is 356 g/mol. The van der Waals surface area contributed by atoms with E-state index in [0.29, 0.717) is 5.52 Å². The number of aromatic nitrogens is 2. The first-order chi connectivity index (χ1) is 13.4. The van der Waals surface area contributed by atoms with Gasteiger partial charge >= 0.3 is 5.97 Å². The van der Waals surface area contributed by atoms with Crippen LogP contribution in [0, 0.1) is 29.6 Å². The van der Waals surface area contributed by atoms with Crippen molar-refractivity contribution in [2.75, 3.05) is 6.61 Å². The van der Waals surface area contributed by atoms with Crippen LogP contribution in [0.4, 0.5) is 0 Å².